The van der Waals surface area contributed by atoms with Crippen molar-refractivity contribution >= 4 is 12.0 Å². The standard InChI is InChI=1S/C9H14N2O4.C7H8.C2H6/c1-11-4-6(8(12)15-3)7(5-14-2)10-9(11)13;1-7-5-3-2-4-6-7;1-2/h4-5H2,1-3H3,(H,10,13);2-6H,1H3;1-2H3. The lowest BCUT2D eigenvalue weighted by Gasteiger charge is -2.27. The molecule has 2 rings (SSSR count). The van der Waals surface area contributed by atoms with E-state index < -0.39 is 5.97 Å². The number of nitrogens with one attached hydrogen (secondary N) is 1. The third kappa shape index (κ3) is 7.28. The summed E-state index contributed by atoms with van der Waals surface area (Å²) in [5.41, 5.74) is 2.21. The first-order valence-corrected chi connectivity index (χ1v) is 7.82. The van der Waals surface area contributed by atoms with Gasteiger partial charge in [0.25, 0.3) is 0 Å². The number of carbonyl (C=O) groups excluding carboxylic acids is 2. The van der Waals surface area contributed by atoms with Crippen molar-refractivity contribution in [3.63, 3.8) is 0 Å². The number of urea groups is 1. The van der Waals surface area contributed by atoms with Crippen molar-refractivity contribution in [2.45, 2.75) is 20.8 Å². The number of ether oxygens (including phenoxy) is 2. The molecule has 1 aromatic rings. The fourth-order valence-electron chi connectivity index (χ4n) is 1.82. The minimum absolute atomic E-state index is 0.185. The second kappa shape index (κ2) is 12.1. The smallest absolute Gasteiger partial charge is 0.337 e. The molecule has 0 atom stereocenters. The lowest BCUT2D eigenvalue weighted by Crippen LogP contribution is -2.45. The van der Waals surface area contributed by atoms with E-state index in [0.717, 1.165) is 0 Å². The molecular formula is C18H28N2O4. The molecule has 0 fully saturated rings. The van der Waals surface area contributed by atoms with Crippen LogP contribution < -0.4 is 5.32 Å². The van der Waals surface area contributed by atoms with E-state index in [1.54, 1.807) is 7.05 Å². The zero-order chi connectivity index (χ0) is 18.5. The molecule has 1 aliphatic heterocycles. The molecular weight excluding hydrogens is 308 g/mol. The Hall–Kier alpha value is -2.34. The molecule has 0 aliphatic carbocycles. The van der Waals surface area contributed by atoms with Crippen LogP contribution in [-0.2, 0) is 14.3 Å². The van der Waals surface area contributed by atoms with Crippen LogP contribution in [0.25, 0.3) is 0 Å². The maximum atomic E-state index is 11.4. The summed E-state index contributed by atoms with van der Waals surface area (Å²) in [7, 11) is 4.39. The molecule has 24 heavy (non-hydrogen) atoms. The van der Waals surface area contributed by atoms with Gasteiger partial charge in [0.15, 0.2) is 0 Å². The Labute approximate surface area is 144 Å². The van der Waals surface area contributed by atoms with Gasteiger partial charge in [-0.3, -0.25) is 0 Å². The highest BCUT2D eigenvalue weighted by atomic mass is 16.5. The number of likely N-dealkylation sites (N-methyl/N-ethyl adjacent to an activating group) is 1. The van der Waals surface area contributed by atoms with E-state index in [9.17, 15) is 9.59 Å². The highest BCUT2D eigenvalue weighted by molar-refractivity contribution is 5.93. The maximum absolute atomic E-state index is 11.4. The second-order valence-corrected chi connectivity index (χ2v) is 4.82. The molecule has 2 amide bonds. The van der Waals surface area contributed by atoms with Crippen LogP contribution in [0.3, 0.4) is 0 Å². The first-order valence-electron chi connectivity index (χ1n) is 7.82. The average Bonchev–Trinajstić information content (AvgIpc) is 2.60. The van der Waals surface area contributed by atoms with Crippen molar-refractivity contribution in [3.05, 3.63) is 47.2 Å². The number of benzene rings is 1. The molecule has 0 bridgehead atoms. The molecule has 0 aromatic heterocycles. The summed E-state index contributed by atoms with van der Waals surface area (Å²) in [4.78, 5) is 24.1. The van der Waals surface area contributed by atoms with Crippen LogP contribution in [0.15, 0.2) is 41.6 Å². The van der Waals surface area contributed by atoms with Crippen LogP contribution in [-0.4, -0.2) is 51.3 Å². The van der Waals surface area contributed by atoms with Gasteiger partial charge in [-0.25, -0.2) is 9.59 Å². The lowest BCUT2D eigenvalue weighted by molar-refractivity contribution is -0.136. The van der Waals surface area contributed by atoms with E-state index in [0.29, 0.717) is 11.3 Å². The van der Waals surface area contributed by atoms with Gasteiger partial charge in [0.05, 0.1) is 31.5 Å². The fraction of sp³-hybridized carbons (Fsp3) is 0.444. The Morgan fingerprint density at radius 2 is 1.79 bits per heavy atom. The second-order valence-electron chi connectivity index (χ2n) is 4.82. The Kier molecular flexibility index (Phi) is 10.9. The minimum Gasteiger partial charge on any atom is -0.466 e. The highest BCUT2D eigenvalue weighted by Crippen LogP contribution is 2.12. The first-order chi connectivity index (χ1) is 11.5. The third-order valence-corrected chi connectivity index (χ3v) is 3.03. The number of rotatable bonds is 3. The summed E-state index contributed by atoms with van der Waals surface area (Å²) >= 11 is 0. The van der Waals surface area contributed by atoms with E-state index in [1.165, 1.54) is 24.7 Å². The maximum Gasteiger partial charge on any atom is 0.337 e. The van der Waals surface area contributed by atoms with Gasteiger partial charge in [0.1, 0.15) is 0 Å². The molecule has 1 heterocycles. The van der Waals surface area contributed by atoms with Crippen LogP contribution in [0, 0.1) is 6.92 Å². The predicted molar refractivity (Wildman–Crippen MR) is 94.6 cm³/mol. The molecule has 6 heteroatoms. The van der Waals surface area contributed by atoms with Gasteiger partial charge in [-0.2, -0.15) is 0 Å². The Morgan fingerprint density at radius 3 is 2.21 bits per heavy atom. The zero-order valence-electron chi connectivity index (χ0n) is 15.4. The normalized spacial score (nSPS) is 13.1. The minimum atomic E-state index is -0.450. The summed E-state index contributed by atoms with van der Waals surface area (Å²) in [6, 6.07) is 10.0. The number of nitrogens with zero attached hydrogens (tertiary/aromatic N) is 1. The molecule has 1 aromatic carbocycles. The third-order valence-electron chi connectivity index (χ3n) is 3.03. The topological polar surface area (TPSA) is 67.9 Å². The number of methoxy groups -OCH3 is 2. The predicted octanol–water partition coefficient (Wildman–Crippen LogP) is 2.74. The summed E-state index contributed by atoms with van der Waals surface area (Å²) in [6.45, 7) is 6.50. The van der Waals surface area contributed by atoms with Gasteiger partial charge < -0.3 is 19.7 Å². The van der Waals surface area contributed by atoms with Gasteiger partial charge in [-0.15, -0.1) is 0 Å². The fourth-order valence-corrected chi connectivity index (χ4v) is 1.82. The number of hydrogen-bond acceptors (Lipinski definition) is 4. The van der Waals surface area contributed by atoms with Gasteiger partial charge in [-0.05, 0) is 6.92 Å². The van der Waals surface area contributed by atoms with Crippen LogP contribution >= 0.6 is 0 Å². The van der Waals surface area contributed by atoms with Crippen molar-refractivity contribution < 1.29 is 19.1 Å². The highest BCUT2D eigenvalue weighted by Gasteiger charge is 2.26. The molecule has 0 saturated carbocycles. The Balaban J connectivity index is 0.000000488. The molecule has 1 N–H and O–H groups in total. The van der Waals surface area contributed by atoms with Crippen molar-refractivity contribution in [1.29, 1.82) is 0 Å². The summed E-state index contributed by atoms with van der Waals surface area (Å²) < 4.78 is 9.51. The van der Waals surface area contributed by atoms with Gasteiger partial charge in [0, 0.05) is 14.2 Å². The number of aryl methyl sites for hydroxylation is 1. The van der Waals surface area contributed by atoms with E-state index in [2.05, 4.69) is 29.1 Å². The SMILES string of the molecule is CC.COCC1=C(C(=O)OC)CN(C)C(=O)N1.Cc1ccccc1. The number of amides is 2. The van der Waals surface area contributed by atoms with Crippen LogP contribution in [0.1, 0.15) is 19.4 Å². The summed E-state index contributed by atoms with van der Waals surface area (Å²) in [6.07, 6.45) is 0. The van der Waals surface area contributed by atoms with Crippen LogP contribution in [0.5, 0.6) is 0 Å². The van der Waals surface area contributed by atoms with Crippen molar-refractivity contribution in [3.8, 4) is 0 Å². The quantitative estimate of drug-likeness (QED) is 0.862. The molecule has 0 unspecified atom stereocenters. The lowest BCUT2D eigenvalue weighted by atomic mass is 10.1. The molecule has 1 aliphatic rings. The molecule has 6 nitrogen and oxygen atoms in total. The first kappa shape index (κ1) is 21.7. The summed E-state index contributed by atoms with van der Waals surface area (Å²) in [5, 5.41) is 2.57. The largest absolute Gasteiger partial charge is 0.466 e. The van der Waals surface area contributed by atoms with Crippen LogP contribution in [0.4, 0.5) is 4.79 Å². The van der Waals surface area contributed by atoms with E-state index in [4.69, 9.17) is 4.74 Å². The van der Waals surface area contributed by atoms with Gasteiger partial charge in [0.2, 0.25) is 0 Å². The number of hydrogen-bond donors (Lipinski definition) is 1. The molecule has 0 spiro atoms. The summed E-state index contributed by atoms with van der Waals surface area (Å²) in [5.74, 6) is -0.450. The number of esters is 1. The monoisotopic (exact) mass is 336 g/mol. The van der Waals surface area contributed by atoms with Gasteiger partial charge >= 0.3 is 12.0 Å². The van der Waals surface area contributed by atoms with Crippen LogP contribution in [0.2, 0.25) is 0 Å². The number of carbonyl (C=O) groups is 2. The molecule has 0 radical (unpaired) electrons. The van der Waals surface area contributed by atoms with E-state index >= 15 is 0 Å². The molecule has 134 valence electrons. The van der Waals surface area contributed by atoms with Crippen molar-refractivity contribution in [2.24, 2.45) is 0 Å². The van der Waals surface area contributed by atoms with E-state index in [-0.39, 0.29) is 19.2 Å². The Bertz CT molecular complexity index is 541. The Morgan fingerprint density at radius 1 is 1.21 bits per heavy atom. The average molecular weight is 336 g/mol. The van der Waals surface area contributed by atoms with E-state index in [1.807, 2.05) is 32.0 Å². The van der Waals surface area contributed by atoms with Crippen molar-refractivity contribution in [2.75, 3.05) is 34.4 Å². The van der Waals surface area contributed by atoms with Gasteiger partial charge in [-0.1, -0.05) is 49.7 Å². The van der Waals surface area contributed by atoms with Crippen molar-refractivity contribution in [1.82, 2.24) is 10.2 Å². The zero-order valence-corrected chi connectivity index (χ0v) is 15.4. The molecule has 0 saturated heterocycles.